The highest BCUT2D eigenvalue weighted by atomic mass is 32.1. The minimum absolute atomic E-state index is 0.0645. The third kappa shape index (κ3) is 4.50. The van der Waals surface area contributed by atoms with Crippen LogP contribution in [0.15, 0.2) is 29.8 Å². The maximum atomic E-state index is 14.1. The molecule has 144 valence electrons. The predicted octanol–water partition coefficient (Wildman–Crippen LogP) is 5.40. The number of carbonyl (C=O) groups excluding carboxylic acids is 1. The number of unbranched alkanes of at least 4 members (excludes halogenated alkanes) is 1. The monoisotopic (exact) mass is 390 g/mol. The molecular formula is C21H24F2N2OS. The van der Waals surface area contributed by atoms with Crippen LogP contribution < -0.4 is 0 Å². The highest BCUT2D eigenvalue weighted by molar-refractivity contribution is 7.17. The Bertz CT molecular complexity index is 840. The van der Waals surface area contributed by atoms with Crippen LogP contribution in [0.4, 0.5) is 8.78 Å². The Morgan fingerprint density at radius 2 is 2.04 bits per heavy atom. The van der Waals surface area contributed by atoms with Crippen molar-refractivity contribution < 1.29 is 13.6 Å². The lowest BCUT2D eigenvalue weighted by atomic mass is 10.0. The molecule has 3 rings (SSSR count). The van der Waals surface area contributed by atoms with Gasteiger partial charge in [-0.3, -0.25) is 9.69 Å². The average molecular weight is 390 g/mol. The molecule has 0 saturated carbocycles. The lowest BCUT2D eigenvalue weighted by Crippen LogP contribution is -2.25. The Morgan fingerprint density at radius 3 is 2.74 bits per heavy atom. The van der Waals surface area contributed by atoms with Gasteiger partial charge < -0.3 is 0 Å². The Hall–Kier alpha value is -1.92. The first-order valence-electron chi connectivity index (χ1n) is 9.39. The van der Waals surface area contributed by atoms with Crippen LogP contribution >= 0.6 is 11.3 Å². The number of halogens is 2. The molecule has 0 unspecified atom stereocenters. The molecule has 2 aromatic rings. The lowest BCUT2D eigenvalue weighted by molar-refractivity contribution is 0.103. The van der Waals surface area contributed by atoms with E-state index in [1.54, 1.807) is 6.92 Å². The summed E-state index contributed by atoms with van der Waals surface area (Å²) in [5, 5.41) is 0.213. The Morgan fingerprint density at radius 1 is 1.30 bits per heavy atom. The molecule has 2 heterocycles. The molecule has 0 bridgehead atoms. The largest absolute Gasteiger partial charge is 0.300 e. The van der Waals surface area contributed by atoms with Gasteiger partial charge in [-0.1, -0.05) is 25.5 Å². The highest BCUT2D eigenvalue weighted by Gasteiger charge is 2.23. The molecule has 0 saturated heterocycles. The van der Waals surface area contributed by atoms with Crippen molar-refractivity contribution >= 4 is 17.1 Å². The van der Waals surface area contributed by atoms with Gasteiger partial charge in [0.25, 0.3) is 0 Å². The number of aromatic nitrogens is 1. The van der Waals surface area contributed by atoms with E-state index < -0.39 is 11.6 Å². The van der Waals surface area contributed by atoms with E-state index in [-0.39, 0.29) is 16.4 Å². The zero-order valence-electron chi connectivity index (χ0n) is 15.7. The molecule has 0 radical (unpaired) electrons. The van der Waals surface area contributed by atoms with E-state index in [1.165, 1.54) is 18.2 Å². The van der Waals surface area contributed by atoms with Crippen LogP contribution in [-0.4, -0.2) is 35.3 Å². The number of aryl methyl sites for hydroxylation is 1. The molecule has 1 aliphatic rings. The number of benzene rings is 1. The Balaban J connectivity index is 1.83. The summed E-state index contributed by atoms with van der Waals surface area (Å²) < 4.78 is 28.1. The van der Waals surface area contributed by atoms with E-state index in [0.717, 1.165) is 62.2 Å². The van der Waals surface area contributed by atoms with Crippen molar-refractivity contribution in [3.8, 4) is 10.6 Å². The Labute approximate surface area is 162 Å². The second-order valence-corrected chi connectivity index (χ2v) is 7.85. The van der Waals surface area contributed by atoms with Gasteiger partial charge in [-0.25, -0.2) is 13.8 Å². The maximum absolute atomic E-state index is 14.1. The van der Waals surface area contributed by atoms with Gasteiger partial charge in [0.1, 0.15) is 16.6 Å². The second-order valence-electron chi connectivity index (χ2n) is 6.85. The molecular weight excluding hydrogens is 366 g/mol. The summed E-state index contributed by atoms with van der Waals surface area (Å²) in [5.74, 6) is -1.39. The number of rotatable bonds is 6. The molecule has 0 fully saturated rings. The van der Waals surface area contributed by atoms with E-state index in [4.69, 9.17) is 0 Å². The lowest BCUT2D eigenvalue weighted by Gasteiger charge is -2.17. The third-order valence-corrected chi connectivity index (χ3v) is 5.99. The molecule has 27 heavy (non-hydrogen) atoms. The van der Waals surface area contributed by atoms with Crippen LogP contribution in [-0.2, 0) is 0 Å². The fraction of sp³-hybridized carbons (Fsp3) is 0.429. The number of hydrogen-bond acceptors (Lipinski definition) is 4. The summed E-state index contributed by atoms with van der Waals surface area (Å²) in [6.45, 7) is 6.70. The van der Waals surface area contributed by atoms with E-state index in [2.05, 4.69) is 16.8 Å². The van der Waals surface area contributed by atoms with Crippen molar-refractivity contribution in [1.82, 2.24) is 9.88 Å². The summed E-state index contributed by atoms with van der Waals surface area (Å²) in [7, 11) is 0. The Kier molecular flexibility index (Phi) is 6.50. The number of ketones is 1. The van der Waals surface area contributed by atoms with Gasteiger partial charge >= 0.3 is 0 Å². The van der Waals surface area contributed by atoms with Crippen LogP contribution in [0.25, 0.3) is 10.6 Å². The standard InChI is InChI=1S/C21H24F2N2OS/c1-3-4-11-25-12-6-7-15(10-13-25)19(26)20-14(2)24-21(27-20)18-16(22)8-5-9-17(18)23/h5,8-10H,3-4,6-7,11-13H2,1-2H3. The van der Waals surface area contributed by atoms with Crippen LogP contribution in [0, 0.1) is 18.6 Å². The molecule has 1 aromatic carbocycles. The van der Waals surface area contributed by atoms with Gasteiger partial charge in [0.2, 0.25) is 5.78 Å². The second kappa shape index (κ2) is 8.85. The first kappa shape index (κ1) is 19.8. The summed E-state index contributed by atoms with van der Waals surface area (Å²) in [6.07, 6.45) is 5.98. The maximum Gasteiger partial charge on any atom is 0.200 e. The first-order chi connectivity index (χ1) is 13.0. The predicted molar refractivity (Wildman–Crippen MR) is 105 cm³/mol. The normalized spacial score (nSPS) is 15.5. The molecule has 3 nitrogen and oxygen atoms in total. The third-order valence-electron chi connectivity index (χ3n) is 4.82. The smallest absolute Gasteiger partial charge is 0.200 e. The molecule has 0 amide bonds. The van der Waals surface area contributed by atoms with Gasteiger partial charge in [0, 0.05) is 6.54 Å². The number of hydrogen-bond donors (Lipinski definition) is 0. The van der Waals surface area contributed by atoms with Crippen molar-refractivity contribution in [2.45, 2.75) is 39.5 Å². The minimum atomic E-state index is -0.664. The topological polar surface area (TPSA) is 33.2 Å². The highest BCUT2D eigenvalue weighted by Crippen LogP contribution is 2.33. The van der Waals surface area contributed by atoms with Crippen molar-refractivity contribution in [3.63, 3.8) is 0 Å². The van der Waals surface area contributed by atoms with Gasteiger partial charge in [-0.15, -0.1) is 11.3 Å². The zero-order valence-corrected chi connectivity index (χ0v) is 16.5. The van der Waals surface area contributed by atoms with Gasteiger partial charge in [-0.05, 0) is 57.0 Å². The number of Topliss-reactive ketones (excluding diaryl/α,β-unsaturated/α-hetero) is 1. The quantitative estimate of drug-likeness (QED) is 0.619. The molecule has 0 atom stereocenters. The van der Waals surface area contributed by atoms with Crippen molar-refractivity contribution in [3.05, 3.63) is 52.1 Å². The van der Waals surface area contributed by atoms with Gasteiger partial charge in [0.05, 0.1) is 16.1 Å². The number of allylic oxidation sites excluding steroid dienone is 1. The fourth-order valence-electron chi connectivity index (χ4n) is 3.28. The molecule has 0 spiro atoms. The number of nitrogens with zero attached hydrogens (tertiary/aromatic N) is 2. The molecule has 1 aliphatic heterocycles. The van der Waals surface area contributed by atoms with Crippen molar-refractivity contribution in [2.75, 3.05) is 19.6 Å². The van der Waals surface area contributed by atoms with E-state index in [0.29, 0.717) is 10.6 Å². The van der Waals surface area contributed by atoms with Crippen LogP contribution in [0.5, 0.6) is 0 Å². The van der Waals surface area contributed by atoms with E-state index >= 15 is 0 Å². The van der Waals surface area contributed by atoms with Crippen molar-refractivity contribution in [2.24, 2.45) is 0 Å². The first-order valence-corrected chi connectivity index (χ1v) is 10.2. The summed E-state index contributed by atoms with van der Waals surface area (Å²) in [6, 6.07) is 3.73. The van der Waals surface area contributed by atoms with Crippen LogP contribution in [0.2, 0.25) is 0 Å². The van der Waals surface area contributed by atoms with Gasteiger partial charge in [0.15, 0.2) is 0 Å². The SMILES string of the molecule is CCCCN1CC=C(C(=O)c2sc(-c3c(F)cccc3F)nc2C)CCC1. The summed E-state index contributed by atoms with van der Waals surface area (Å²) in [5.41, 5.74) is 1.14. The molecule has 6 heteroatoms. The van der Waals surface area contributed by atoms with Crippen LogP contribution in [0.3, 0.4) is 0 Å². The molecule has 1 aromatic heterocycles. The summed E-state index contributed by atoms with van der Waals surface area (Å²) >= 11 is 1.07. The number of carbonyl (C=O) groups is 1. The van der Waals surface area contributed by atoms with Gasteiger partial charge in [-0.2, -0.15) is 0 Å². The average Bonchev–Trinajstić information content (AvgIpc) is 2.87. The molecule has 0 N–H and O–H groups in total. The van der Waals surface area contributed by atoms with Crippen LogP contribution in [0.1, 0.15) is 48.0 Å². The van der Waals surface area contributed by atoms with E-state index in [1.807, 2.05) is 6.08 Å². The van der Waals surface area contributed by atoms with Crippen molar-refractivity contribution in [1.29, 1.82) is 0 Å². The van der Waals surface area contributed by atoms with E-state index in [9.17, 15) is 13.6 Å². The fourth-order valence-corrected chi connectivity index (χ4v) is 4.37. The zero-order chi connectivity index (χ0) is 19.4. The number of thiazole rings is 1. The minimum Gasteiger partial charge on any atom is -0.300 e. The molecule has 0 aliphatic carbocycles. The summed E-state index contributed by atoms with van der Waals surface area (Å²) in [4.78, 5) is 20.1.